The maximum absolute atomic E-state index is 13.0. The molecular formula is C37H74N6O4. The minimum absolute atomic E-state index is 0.0751. The number of rotatable bonds is 35. The number of guanidine groups is 1. The van der Waals surface area contributed by atoms with E-state index in [0.717, 1.165) is 32.1 Å². The van der Waals surface area contributed by atoms with Crippen LogP contribution in [0.5, 0.6) is 0 Å². The highest BCUT2D eigenvalue weighted by atomic mass is 16.7. The lowest BCUT2D eigenvalue weighted by Gasteiger charge is -2.19. The number of hydrogen-bond acceptors (Lipinski definition) is 5. The van der Waals surface area contributed by atoms with Gasteiger partial charge in [-0.15, -0.1) is 0 Å². The van der Waals surface area contributed by atoms with E-state index in [4.69, 9.17) is 5.41 Å². The van der Waals surface area contributed by atoms with Gasteiger partial charge in [0.2, 0.25) is 11.8 Å². The van der Waals surface area contributed by atoms with Crippen molar-refractivity contribution in [3.63, 3.8) is 0 Å². The Morgan fingerprint density at radius 1 is 0.574 bits per heavy atom. The second-order valence-electron chi connectivity index (χ2n) is 13.5. The van der Waals surface area contributed by atoms with Gasteiger partial charge in [0.1, 0.15) is 6.04 Å². The number of carbonyl (C=O) groups is 2. The maximum atomic E-state index is 13.0. The Labute approximate surface area is 288 Å². The molecule has 2 amide bonds. The van der Waals surface area contributed by atoms with Gasteiger partial charge >= 0.3 is 0 Å². The van der Waals surface area contributed by atoms with Crippen molar-refractivity contribution in [2.24, 2.45) is 0 Å². The van der Waals surface area contributed by atoms with Crippen molar-refractivity contribution in [3.05, 3.63) is 10.1 Å². The zero-order chi connectivity index (χ0) is 34.6. The average molecular weight is 667 g/mol. The van der Waals surface area contributed by atoms with Gasteiger partial charge in [-0.1, -0.05) is 167 Å². The highest BCUT2D eigenvalue weighted by Crippen LogP contribution is 2.14. The Bertz CT molecular complexity index is 767. The summed E-state index contributed by atoms with van der Waals surface area (Å²) >= 11 is 0. The number of carbonyl (C=O) groups excluding carboxylic acids is 2. The number of amides is 2. The zero-order valence-electron chi connectivity index (χ0n) is 30.6. The maximum Gasteiger partial charge on any atom is 0.251 e. The van der Waals surface area contributed by atoms with Crippen molar-refractivity contribution >= 4 is 17.8 Å². The smallest absolute Gasteiger partial charge is 0.251 e. The minimum Gasteiger partial charge on any atom is -0.354 e. The summed E-state index contributed by atoms with van der Waals surface area (Å²) in [6.07, 6.45) is 33.8. The van der Waals surface area contributed by atoms with Crippen LogP contribution in [0.1, 0.15) is 200 Å². The van der Waals surface area contributed by atoms with E-state index in [2.05, 4.69) is 29.8 Å². The van der Waals surface area contributed by atoms with Gasteiger partial charge in [0, 0.05) is 19.5 Å². The SMILES string of the molecule is CCCCCCCCCCCCCCCCCC(=O)NC(CCCCNC(=N)N[N+](=O)[O-])C(=O)NCCCCCCCCCCCC. The number of hydrogen-bond donors (Lipinski definition) is 5. The number of nitrogens with zero attached hydrogens (tertiary/aromatic N) is 1. The molecule has 0 saturated heterocycles. The summed E-state index contributed by atoms with van der Waals surface area (Å²) in [4.78, 5) is 36.1. The van der Waals surface area contributed by atoms with Crippen molar-refractivity contribution in [2.75, 3.05) is 13.1 Å². The molecule has 0 saturated carbocycles. The molecule has 276 valence electrons. The van der Waals surface area contributed by atoms with Gasteiger partial charge in [-0.05, 0) is 32.1 Å². The molecule has 10 nitrogen and oxygen atoms in total. The predicted molar refractivity (Wildman–Crippen MR) is 196 cm³/mol. The Hall–Kier alpha value is -2.39. The van der Waals surface area contributed by atoms with Crippen molar-refractivity contribution in [1.29, 1.82) is 5.41 Å². The van der Waals surface area contributed by atoms with Crippen LogP contribution in [-0.4, -0.2) is 41.9 Å². The highest BCUT2D eigenvalue weighted by Gasteiger charge is 2.20. The topological polar surface area (TPSA) is 149 Å². The third-order valence-corrected chi connectivity index (χ3v) is 8.91. The molecule has 0 aromatic heterocycles. The van der Waals surface area contributed by atoms with Crippen LogP contribution in [0.15, 0.2) is 0 Å². The van der Waals surface area contributed by atoms with Crippen LogP contribution in [0.25, 0.3) is 0 Å². The number of nitro groups is 1. The van der Waals surface area contributed by atoms with Gasteiger partial charge in [0.05, 0.1) is 0 Å². The summed E-state index contributed by atoms with van der Waals surface area (Å²) in [5.74, 6) is -0.576. The van der Waals surface area contributed by atoms with E-state index in [1.807, 2.05) is 0 Å². The quantitative estimate of drug-likeness (QED) is 0.0150. The van der Waals surface area contributed by atoms with Crippen LogP contribution >= 0.6 is 0 Å². The summed E-state index contributed by atoms with van der Waals surface area (Å²) in [6, 6.07) is -0.585. The zero-order valence-corrected chi connectivity index (χ0v) is 30.6. The Kier molecular flexibility index (Phi) is 33.2. The molecule has 0 aliphatic carbocycles. The van der Waals surface area contributed by atoms with Gasteiger partial charge in [0.25, 0.3) is 5.96 Å². The summed E-state index contributed by atoms with van der Waals surface area (Å²) < 4.78 is 0. The fourth-order valence-corrected chi connectivity index (χ4v) is 5.96. The molecule has 47 heavy (non-hydrogen) atoms. The monoisotopic (exact) mass is 667 g/mol. The molecule has 0 aliphatic heterocycles. The summed E-state index contributed by atoms with van der Waals surface area (Å²) in [5, 5.41) is 25.8. The third kappa shape index (κ3) is 33.3. The van der Waals surface area contributed by atoms with Crippen LogP contribution in [-0.2, 0) is 9.59 Å². The summed E-state index contributed by atoms with van der Waals surface area (Å²) in [7, 11) is 0. The largest absolute Gasteiger partial charge is 0.354 e. The fourth-order valence-electron chi connectivity index (χ4n) is 5.96. The van der Waals surface area contributed by atoms with Crippen LogP contribution in [0.4, 0.5) is 0 Å². The first-order valence-electron chi connectivity index (χ1n) is 19.7. The first-order valence-corrected chi connectivity index (χ1v) is 19.7. The molecular weight excluding hydrogens is 592 g/mol. The molecule has 1 unspecified atom stereocenters. The van der Waals surface area contributed by atoms with E-state index in [1.54, 1.807) is 5.43 Å². The first-order chi connectivity index (χ1) is 22.9. The lowest BCUT2D eigenvalue weighted by Crippen LogP contribution is -2.47. The van der Waals surface area contributed by atoms with Crippen molar-refractivity contribution in [1.82, 2.24) is 21.4 Å². The number of hydrazine groups is 1. The Balaban J connectivity index is 4.20. The van der Waals surface area contributed by atoms with Crippen LogP contribution in [0, 0.1) is 15.5 Å². The van der Waals surface area contributed by atoms with Gasteiger partial charge in [-0.2, -0.15) is 0 Å². The van der Waals surface area contributed by atoms with Crippen LogP contribution < -0.4 is 21.4 Å². The van der Waals surface area contributed by atoms with E-state index >= 15 is 0 Å². The van der Waals surface area contributed by atoms with Gasteiger partial charge in [-0.25, -0.2) is 10.1 Å². The standard InChI is InChI=1S/C37H74N6O4/c1-3-5-7-9-11-13-15-16-17-18-19-20-22-24-26-31-35(44)41-34(30-27-29-33-40-37(38)42-43(46)47)36(45)39-32-28-25-23-21-14-12-10-8-6-4-2/h34H,3-33H2,1-2H3,(H,39,45)(H,41,44)(H3,38,40,42). The van der Waals surface area contributed by atoms with Crippen LogP contribution in [0.3, 0.4) is 0 Å². The number of unbranched alkanes of at least 4 members (excludes halogenated alkanes) is 24. The molecule has 0 aromatic rings. The van der Waals surface area contributed by atoms with Crippen molar-refractivity contribution in [3.8, 4) is 0 Å². The summed E-state index contributed by atoms with van der Waals surface area (Å²) in [6.45, 7) is 5.50. The van der Waals surface area contributed by atoms with E-state index in [9.17, 15) is 19.7 Å². The summed E-state index contributed by atoms with van der Waals surface area (Å²) in [5.41, 5.74) is 1.77. The lowest BCUT2D eigenvalue weighted by molar-refractivity contribution is -0.525. The Morgan fingerprint density at radius 2 is 0.957 bits per heavy atom. The molecule has 1 atom stereocenters. The predicted octanol–water partition coefficient (Wildman–Crippen LogP) is 9.25. The molecule has 0 heterocycles. The molecule has 0 rings (SSSR count). The molecule has 10 heteroatoms. The molecule has 0 spiro atoms. The second-order valence-corrected chi connectivity index (χ2v) is 13.5. The third-order valence-electron chi connectivity index (χ3n) is 8.91. The average Bonchev–Trinajstić information content (AvgIpc) is 3.04. The van der Waals surface area contributed by atoms with Gasteiger partial charge < -0.3 is 16.0 Å². The molecule has 0 bridgehead atoms. The second kappa shape index (κ2) is 34.9. The number of nitrogens with one attached hydrogen (secondary N) is 5. The molecule has 5 N–H and O–H groups in total. The minimum atomic E-state index is -0.779. The van der Waals surface area contributed by atoms with E-state index in [-0.39, 0.29) is 17.8 Å². The molecule has 0 aliphatic rings. The van der Waals surface area contributed by atoms with Crippen molar-refractivity contribution in [2.45, 2.75) is 206 Å². The molecule has 0 fully saturated rings. The van der Waals surface area contributed by atoms with Gasteiger partial charge in [0.15, 0.2) is 5.03 Å². The van der Waals surface area contributed by atoms with E-state index in [0.29, 0.717) is 38.8 Å². The normalized spacial score (nSPS) is 11.6. The van der Waals surface area contributed by atoms with Gasteiger partial charge in [-0.3, -0.25) is 15.0 Å². The highest BCUT2D eigenvalue weighted by molar-refractivity contribution is 5.87. The van der Waals surface area contributed by atoms with Crippen molar-refractivity contribution < 1.29 is 14.6 Å². The van der Waals surface area contributed by atoms with E-state index < -0.39 is 11.1 Å². The first kappa shape index (κ1) is 44.6. The molecule has 0 aromatic carbocycles. The lowest BCUT2D eigenvalue weighted by atomic mass is 10.0. The van der Waals surface area contributed by atoms with E-state index in [1.165, 1.54) is 128 Å². The fraction of sp³-hybridized carbons (Fsp3) is 0.919. The molecule has 0 radical (unpaired) electrons. The Morgan fingerprint density at radius 3 is 1.40 bits per heavy atom. The van der Waals surface area contributed by atoms with Crippen LogP contribution in [0.2, 0.25) is 0 Å².